The van der Waals surface area contributed by atoms with Gasteiger partial charge in [0.2, 0.25) is 11.8 Å². The van der Waals surface area contributed by atoms with Crippen LogP contribution in [0, 0.1) is 0 Å². The molecule has 0 aliphatic heterocycles. The van der Waals surface area contributed by atoms with Crippen LogP contribution in [-0.2, 0) is 16.0 Å². The zero-order chi connectivity index (χ0) is 21.8. The number of nitrogens with one attached hydrogen (secondary N) is 5. The Balaban J connectivity index is 1.41. The average molecular weight is 419 g/mol. The van der Waals surface area contributed by atoms with Gasteiger partial charge in [-0.2, -0.15) is 0 Å². The van der Waals surface area contributed by atoms with Gasteiger partial charge < -0.3 is 26.3 Å². The Morgan fingerprint density at radius 1 is 1.00 bits per heavy atom. The molecule has 1 fully saturated rings. The number of anilines is 2. The lowest BCUT2D eigenvalue weighted by Crippen LogP contribution is -2.44. The summed E-state index contributed by atoms with van der Waals surface area (Å²) >= 11 is 0. The van der Waals surface area contributed by atoms with Crippen LogP contribution in [0.3, 0.4) is 0 Å². The fraction of sp³-hybridized carbons (Fsp3) is 0.261. The van der Waals surface area contributed by atoms with Gasteiger partial charge in [-0.1, -0.05) is 18.2 Å². The van der Waals surface area contributed by atoms with Gasteiger partial charge in [0.1, 0.15) is 6.04 Å². The number of H-pyrrole nitrogens is 1. The molecule has 1 aromatic heterocycles. The van der Waals surface area contributed by atoms with Gasteiger partial charge in [0, 0.05) is 47.9 Å². The van der Waals surface area contributed by atoms with Crippen molar-refractivity contribution in [3.63, 3.8) is 0 Å². The number of fused-ring (bicyclic) bond motifs is 1. The largest absolute Gasteiger partial charge is 0.361 e. The minimum absolute atomic E-state index is 0.233. The van der Waals surface area contributed by atoms with Crippen LogP contribution < -0.4 is 21.3 Å². The fourth-order valence-electron chi connectivity index (χ4n) is 3.42. The van der Waals surface area contributed by atoms with Gasteiger partial charge >= 0.3 is 6.03 Å². The van der Waals surface area contributed by atoms with Gasteiger partial charge in [0.25, 0.3) is 0 Å². The monoisotopic (exact) mass is 419 g/mol. The quantitative estimate of drug-likeness (QED) is 0.405. The topological polar surface area (TPSA) is 115 Å². The van der Waals surface area contributed by atoms with Crippen molar-refractivity contribution in [3.8, 4) is 0 Å². The number of benzene rings is 2. The molecule has 4 amide bonds. The summed E-state index contributed by atoms with van der Waals surface area (Å²) in [5.41, 5.74) is 3.14. The lowest BCUT2D eigenvalue weighted by molar-refractivity contribution is -0.125. The molecule has 1 atom stereocenters. The first-order valence-corrected chi connectivity index (χ1v) is 10.3. The minimum atomic E-state index is -0.723. The predicted molar refractivity (Wildman–Crippen MR) is 120 cm³/mol. The van der Waals surface area contributed by atoms with E-state index in [1.807, 2.05) is 30.5 Å². The molecular weight excluding hydrogens is 394 g/mol. The number of carbonyl (C=O) groups is 3. The Labute approximate surface area is 179 Å². The van der Waals surface area contributed by atoms with Crippen LogP contribution in [0.1, 0.15) is 25.3 Å². The summed E-state index contributed by atoms with van der Waals surface area (Å²) in [6.07, 6.45) is 4.26. The van der Waals surface area contributed by atoms with Gasteiger partial charge in [-0.25, -0.2) is 4.79 Å². The third-order valence-corrected chi connectivity index (χ3v) is 5.12. The first-order valence-electron chi connectivity index (χ1n) is 10.3. The number of hydrogen-bond donors (Lipinski definition) is 5. The van der Waals surface area contributed by atoms with E-state index < -0.39 is 6.04 Å². The summed E-state index contributed by atoms with van der Waals surface area (Å²) in [6, 6.07) is 14.0. The maximum Gasteiger partial charge on any atom is 0.319 e. The lowest BCUT2D eigenvalue weighted by atomic mass is 10.0. The zero-order valence-corrected chi connectivity index (χ0v) is 17.2. The normalized spacial score (nSPS) is 14.0. The van der Waals surface area contributed by atoms with Crippen molar-refractivity contribution < 1.29 is 14.4 Å². The van der Waals surface area contributed by atoms with Crippen molar-refractivity contribution in [1.29, 1.82) is 0 Å². The molecule has 0 saturated heterocycles. The third kappa shape index (κ3) is 5.42. The van der Waals surface area contributed by atoms with E-state index in [2.05, 4.69) is 26.3 Å². The highest BCUT2D eigenvalue weighted by molar-refractivity contribution is 5.98. The summed E-state index contributed by atoms with van der Waals surface area (Å²) in [6.45, 7) is 1.39. The molecule has 160 valence electrons. The summed E-state index contributed by atoms with van der Waals surface area (Å²) in [5.74, 6) is -0.589. The molecule has 31 heavy (non-hydrogen) atoms. The number of aromatic nitrogens is 1. The van der Waals surface area contributed by atoms with Crippen LogP contribution in [0.25, 0.3) is 10.9 Å². The van der Waals surface area contributed by atoms with E-state index in [0.717, 1.165) is 29.3 Å². The number of amides is 4. The van der Waals surface area contributed by atoms with E-state index in [4.69, 9.17) is 0 Å². The molecule has 8 nitrogen and oxygen atoms in total. The molecule has 1 aliphatic rings. The van der Waals surface area contributed by atoms with Crippen molar-refractivity contribution in [1.82, 2.24) is 15.6 Å². The van der Waals surface area contributed by atoms with Crippen molar-refractivity contribution in [2.45, 2.75) is 38.3 Å². The van der Waals surface area contributed by atoms with Gasteiger partial charge in [0.05, 0.1) is 0 Å². The SMILES string of the molecule is CC(=O)NC(Cc1c[nH]c2ccccc12)C(=O)Nc1ccc(NC(=O)NC2CC2)cc1. The van der Waals surface area contributed by atoms with E-state index in [0.29, 0.717) is 17.8 Å². The molecule has 1 heterocycles. The smallest absolute Gasteiger partial charge is 0.319 e. The van der Waals surface area contributed by atoms with E-state index in [9.17, 15) is 14.4 Å². The number of urea groups is 1. The van der Waals surface area contributed by atoms with E-state index in [-0.39, 0.29) is 23.9 Å². The van der Waals surface area contributed by atoms with Crippen molar-refractivity contribution >= 4 is 40.1 Å². The maximum absolute atomic E-state index is 12.9. The number of carbonyl (C=O) groups excluding carboxylic acids is 3. The number of aromatic amines is 1. The van der Waals surface area contributed by atoms with E-state index >= 15 is 0 Å². The lowest BCUT2D eigenvalue weighted by Gasteiger charge is -2.18. The Hall–Kier alpha value is -3.81. The molecule has 2 aromatic carbocycles. The number of para-hydroxylation sites is 1. The molecule has 1 unspecified atom stereocenters. The Morgan fingerprint density at radius 2 is 1.68 bits per heavy atom. The fourth-order valence-corrected chi connectivity index (χ4v) is 3.42. The Bertz CT molecular complexity index is 1100. The van der Waals surface area contributed by atoms with E-state index in [1.54, 1.807) is 24.3 Å². The zero-order valence-electron chi connectivity index (χ0n) is 17.2. The van der Waals surface area contributed by atoms with Gasteiger partial charge in [-0.15, -0.1) is 0 Å². The highest BCUT2D eigenvalue weighted by Gasteiger charge is 2.23. The second-order valence-electron chi connectivity index (χ2n) is 7.76. The third-order valence-electron chi connectivity index (χ3n) is 5.12. The van der Waals surface area contributed by atoms with E-state index in [1.165, 1.54) is 6.92 Å². The standard InChI is InChI=1S/C23H25N5O3/c1-14(29)25-21(12-15-13-24-20-5-3-2-4-19(15)20)22(30)26-16-6-8-17(9-7-16)27-23(31)28-18-10-11-18/h2-9,13,18,21,24H,10-12H2,1H3,(H,25,29)(H,26,30)(H2,27,28,31). The molecule has 1 aliphatic carbocycles. The van der Waals surface area contributed by atoms with Crippen LogP contribution >= 0.6 is 0 Å². The summed E-state index contributed by atoms with van der Waals surface area (Å²) in [5, 5.41) is 12.2. The summed E-state index contributed by atoms with van der Waals surface area (Å²) in [4.78, 5) is 39.6. The second-order valence-corrected chi connectivity index (χ2v) is 7.76. The highest BCUT2D eigenvalue weighted by Crippen LogP contribution is 2.21. The molecular formula is C23H25N5O3. The first kappa shape index (κ1) is 20.5. The van der Waals surface area contributed by atoms with Crippen molar-refractivity contribution in [2.75, 3.05) is 10.6 Å². The van der Waals surface area contributed by atoms with Crippen LogP contribution in [0.5, 0.6) is 0 Å². The van der Waals surface area contributed by atoms with Crippen LogP contribution in [0.15, 0.2) is 54.7 Å². The molecule has 4 rings (SSSR count). The molecule has 1 saturated carbocycles. The Kier molecular flexibility index (Phi) is 5.88. The van der Waals surface area contributed by atoms with Crippen LogP contribution in [0.2, 0.25) is 0 Å². The molecule has 0 bridgehead atoms. The molecule has 3 aromatic rings. The first-order chi connectivity index (χ1) is 15.0. The summed E-state index contributed by atoms with van der Waals surface area (Å²) < 4.78 is 0. The number of hydrogen-bond acceptors (Lipinski definition) is 3. The minimum Gasteiger partial charge on any atom is -0.361 e. The van der Waals surface area contributed by atoms with Crippen molar-refractivity contribution in [2.24, 2.45) is 0 Å². The van der Waals surface area contributed by atoms with Gasteiger partial charge in [-0.05, 0) is 48.7 Å². The molecule has 5 N–H and O–H groups in total. The van der Waals surface area contributed by atoms with Crippen LogP contribution in [0.4, 0.5) is 16.2 Å². The summed E-state index contributed by atoms with van der Waals surface area (Å²) in [7, 11) is 0. The predicted octanol–water partition coefficient (Wildman–Crippen LogP) is 3.14. The second kappa shape index (κ2) is 8.91. The van der Waals surface area contributed by atoms with Gasteiger partial charge in [0.15, 0.2) is 0 Å². The highest BCUT2D eigenvalue weighted by atomic mass is 16.2. The van der Waals surface area contributed by atoms with Crippen molar-refractivity contribution in [3.05, 3.63) is 60.3 Å². The Morgan fingerprint density at radius 3 is 2.35 bits per heavy atom. The number of rotatable bonds is 7. The molecule has 8 heteroatoms. The van der Waals surface area contributed by atoms with Crippen LogP contribution in [-0.4, -0.2) is 34.9 Å². The average Bonchev–Trinajstić information content (AvgIpc) is 3.46. The molecule has 0 radical (unpaired) electrons. The van der Waals surface area contributed by atoms with Gasteiger partial charge in [-0.3, -0.25) is 9.59 Å². The molecule has 0 spiro atoms. The maximum atomic E-state index is 12.9.